The maximum absolute atomic E-state index is 13.1. The number of carbonyl (C=O) groups is 2. The van der Waals surface area contributed by atoms with Crippen LogP contribution in [0.15, 0.2) is 30.3 Å². The minimum atomic E-state index is -0.430. The Balaban J connectivity index is 1.93. The Morgan fingerprint density at radius 3 is 2.56 bits per heavy atom. The summed E-state index contributed by atoms with van der Waals surface area (Å²) in [5.41, 5.74) is 2.52. The Labute approximate surface area is 164 Å². The van der Waals surface area contributed by atoms with Crippen LogP contribution >= 0.6 is 11.3 Å². The molecule has 0 radical (unpaired) electrons. The van der Waals surface area contributed by atoms with Gasteiger partial charge in [-0.05, 0) is 57.8 Å². The van der Waals surface area contributed by atoms with Crippen molar-refractivity contribution in [3.8, 4) is 0 Å². The van der Waals surface area contributed by atoms with Crippen molar-refractivity contribution in [2.75, 3.05) is 26.0 Å². The fourth-order valence-electron chi connectivity index (χ4n) is 3.57. The van der Waals surface area contributed by atoms with E-state index in [2.05, 4.69) is 5.32 Å². The number of fused-ring (bicyclic) bond motifs is 1. The maximum Gasteiger partial charge on any atom is 0.341 e. The van der Waals surface area contributed by atoms with E-state index in [-0.39, 0.29) is 11.9 Å². The number of aryl methyl sites for hydroxylation is 1. The molecule has 0 fully saturated rings. The predicted octanol–water partition coefficient (Wildman–Crippen LogP) is 4.05. The van der Waals surface area contributed by atoms with E-state index in [1.807, 2.05) is 49.3 Å². The highest BCUT2D eigenvalue weighted by molar-refractivity contribution is 7.17. The molecule has 144 valence electrons. The van der Waals surface area contributed by atoms with Gasteiger partial charge in [-0.3, -0.25) is 9.69 Å². The molecular weight excluding hydrogens is 360 g/mol. The van der Waals surface area contributed by atoms with Gasteiger partial charge >= 0.3 is 5.97 Å². The van der Waals surface area contributed by atoms with Crippen LogP contribution in [0.25, 0.3) is 0 Å². The molecule has 1 aliphatic rings. The van der Waals surface area contributed by atoms with E-state index >= 15 is 0 Å². The lowest BCUT2D eigenvalue weighted by Crippen LogP contribution is -2.32. The van der Waals surface area contributed by atoms with E-state index in [0.717, 1.165) is 36.8 Å². The Morgan fingerprint density at radius 2 is 1.89 bits per heavy atom. The third kappa shape index (κ3) is 4.22. The number of benzene rings is 1. The molecule has 6 heteroatoms. The summed E-state index contributed by atoms with van der Waals surface area (Å²) in [6, 6.07) is 9.23. The van der Waals surface area contributed by atoms with Crippen LogP contribution in [0.2, 0.25) is 0 Å². The molecule has 0 saturated carbocycles. The fourth-order valence-corrected chi connectivity index (χ4v) is 4.85. The molecular formula is C21H26N2O3S. The van der Waals surface area contributed by atoms with Gasteiger partial charge in [0.1, 0.15) is 11.0 Å². The zero-order valence-electron chi connectivity index (χ0n) is 16.1. The van der Waals surface area contributed by atoms with Crippen molar-refractivity contribution in [3.63, 3.8) is 0 Å². The summed E-state index contributed by atoms with van der Waals surface area (Å²) >= 11 is 1.52. The topological polar surface area (TPSA) is 58.6 Å². The number of carbonyl (C=O) groups excluding carboxylic acids is 2. The fraction of sp³-hybridized carbons (Fsp3) is 0.429. The average Bonchev–Trinajstić information content (AvgIpc) is 3.00. The van der Waals surface area contributed by atoms with Gasteiger partial charge in [0.05, 0.1) is 12.2 Å². The molecule has 1 atom stereocenters. The largest absolute Gasteiger partial charge is 0.462 e. The molecule has 1 N–H and O–H groups in total. The molecule has 2 aromatic rings. The predicted molar refractivity (Wildman–Crippen MR) is 108 cm³/mol. The Bertz CT molecular complexity index is 814. The quantitative estimate of drug-likeness (QED) is 0.761. The van der Waals surface area contributed by atoms with Crippen LogP contribution in [0, 0.1) is 0 Å². The van der Waals surface area contributed by atoms with Crippen LogP contribution in [0.3, 0.4) is 0 Å². The Hall–Kier alpha value is -2.18. The lowest BCUT2D eigenvalue weighted by Gasteiger charge is -2.23. The van der Waals surface area contributed by atoms with Gasteiger partial charge in [0, 0.05) is 4.88 Å². The van der Waals surface area contributed by atoms with Gasteiger partial charge in [0.15, 0.2) is 0 Å². The molecule has 1 heterocycles. The van der Waals surface area contributed by atoms with Gasteiger partial charge in [-0.25, -0.2) is 4.79 Å². The number of nitrogens with zero attached hydrogens (tertiary/aromatic N) is 1. The zero-order chi connectivity index (χ0) is 19.4. The van der Waals surface area contributed by atoms with Crippen LogP contribution in [0.1, 0.15) is 52.2 Å². The van der Waals surface area contributed by atoms with E-state index < -0.39 is 6.04 Å². The molecule has 27 heavy (non-hydrogen) atoms. The third-order valence-corrected chi connectivity index (χ3v) is 5.97. The van der Waals surface area contributed by atoms with E-state index in [1.54, 1.807) is 6.92 Å². The van der Waals surface area contributed by atoms with Crippen LogP contribution in [-0.2, 0) is 22.4 Å². The van der Waals surface area contributed by atoms with Crippen molar-refractivity contribution in [1.82, 2.24) is 4.90 Å². The molecule has 1 amide bonds. The number of likely N-dealkylation sites (N-methyl/N-ethyl adjacent to an activating group) is 1. The van der Waals surface area contributed by atoms with Gasteiger partial charge in [0.25, 0.3) is 0 Å². The summed E-state index contributed by atoms with van der Waals surface area (Å²) < 4.78 is 5.27. The molecule has 0 bridgehead atoms. The van der Waals surface area contributed by atoms with E-state index in [9.17, 15) is 9.59 Å². The number of nitrogens with one attached hydrogen (secondary N) is 1. The summed E-state index contributed by atoms with van der Waals surface area (Å²) in [6.45, 7) is 2.12. The van der Waals surface area contributed by atoms with Crippen molar-refractivity contribution >= 4 is 28.2 Å². The van der Waals surface area contributed by atoms with Gasteiger partial charge in [-0.2, -0.15) is 0 Å². The zero-order valence-corrected chi connectivity index (χ0v) is 16.9. The summed E-state index contributed by atoms with van der Waals surface area (Å²) in [7, 11) is 3.76. The SMILES string of the molecule is CCOC(=O)c1c(NC(=O)C(c2ccccc2)N(C)C)sc2c1CCCC2. The number of hydrogen-bond acceptors (Lipinski definition) is 5. The molecule has 1 aromatic heterocycles. The van der Waals surface area contributed by atoms with E-state index in [4.69, 9.17) is 4.74 Å². The number of thiophene rings is 1. The first kappa shape index (κ1) is 19.6. The molecule has 0 spiro atoms. The summed E-state index contributed by atoms with van der Waals surface area (Å²) in [4.78, 5) is 28.8. The second-order valence-corrected chi connectivity index (χ2v) is 8.01. The van der Waals surface area contributed by atoms with Crippen molar-refractivity contribution in [2.45, 2.75) is 38.6 Å². The molecule has 1 aromatic carbocycles. The highest BCUT2D eigenvalue weighted by Crippen LogP contribution is 2.39. The highest BCUT2D eigenvalue weighted by atomic mass is 32.1. The monoisotopic (exact) mass is 386 g/mol. The van der Waals surface area contributed by atoms with Crippen molar-refractivity contribution < 1.29 is 14.3 Å². The minimum absolute atomic E-state index is 0.143. The third-order valence-electron chi connectivity index (χ3n) is 4.77. The first-order chi connectivity index (χ1) is 13.0. The standard InChI is InChI=1S/C21H26N2O3S/c1-4-26-21(25)17-15-12-8-9-13-16(15)27-20(17)22-19(24)18(23(2)3)14-10-6-5-7-11-14/h5-7,10-11,18H,4,8-9,12-13H2,1-3H3,(H,22,24). The molecule has 1 aliphatic carbocycles. The Morgan fingerprint density at radius 1 is 1.19 bits per heavy atom. The van der Waals surface area contributed by atoms with E-state index in [0.29, 0.717) is 17.2 Å². The van der Waals surface area contributed by atoms with Crippen molar-refractivity contribution in [2.24, 2.45) is 0 Å². The number of esters is 1. The maximum atomic E-state index is 13.1. The van der Waals surface area contributed by atoms with Gasteiger partial charge < -0.3 is 10.1 Å². The molecule has 1 unspecified atom stereocenters. The molecule has 0 saturated heterocycles. The highest BCUT2D eigenvalue weighted by Gasteiger charge is 2.30. The summed E-state index contributed by atoms with van der Waals surface area (Å²) in [5, 5.41) is 3.64. The van der Waals surface area contributed by atoms with Crippen LogP contribution in [-0.4, -0.2) is 37.5 Å². The summed E-state index contributed by atoms with van der Waals surface area (Å²) in [5.74, 6) is -0.483. The van der Waals surface area contributed by atoms with Crippen molar-refractivity contribution in [1.29, 1.82) is 0 Å². The van der Waals surface area contributed by atoms with Gasteiger partial charge in [-0.15, -0.1) is 11.3 Å². The lowest BCUT2D eigenvalue weighted by atomic mass is 9.95. The lowest BCUT2D eigenvalue weighted by molar-refractivity contribution is -0.120. The summed E-state index contributed by atoms with van der Waals surface area (Å²) in [6.07, 6.45) is 4.01. The second kappa shape index (κ2) is 8.67. The molecule has 0 aliphatic heterocycles. The minimum Gasteiger partial charge on any atom is -0.462 e. The number of rotatable bonds is 6. The average molecular weight is 387 g/mol. The first-order valence-electron chi connectivity index (χ1n) is 9.36. The van der Waals surface area contributed by atoms with E-state index in [1.165, 1.54) is 16.2 Å². The number of amides is 1. The normalized spacial score (nSPS) is 14.5. The number of anilines is 1. The second-order valence-electron chi connectivity index (χ2n) is 6.90. The van der Waals surface area contributed by atoms with Crippen LogP contribution in [0.4, 0.5) is 5.00 Å². The van der Waals surface area contributed by atoms with Crippen LogP contribution in [0.5, 0.6) is 0 Å². The van der Waals surface area contributed by atoms with Crippen molar-refractivity contribution in [3.05, 3.63) is 51.9 Å². The number of ether oxygens (including phenoxy) is 1. The molecule has 5 nitrogen and oxygen atoms in total. The molecule has 3 rings (SSSR count). The van der Waals surface area contributed by atoms with Gasteiger partial charge in [-0.1, -0.05) is 30.3 Å². The number of hydrogen-bond donors (Lipinski definition) is 1. The Kier molecular flexibility index (Phi) is 6.29. The van der Waals surface area contributed by atoms with Gasteiger partial charge in [0.2, 0.25) is 5.91 Å². The smallest absolute Gasteiger partial charge is 0.341 e. The first-order valence-corrected chi connectivity index (χ1v) is 10.2. The van der Waals surface area contributed by atoms with Crippen LogP contribution < -0.4 is 5.32 Å².